The number of halogens is 5. The molecule has 0 amide bonds. The fraction of sp³-hybridized carbons (Fsp3) is 0.0250. The minimum atomic E-state index is -5.12. The second kappa shape index (κ2) is 15.5. The van der Waals surface area contributed by atoms with E-state index < -0.39 is 33.4 Å². The van der Waals surface area contributed by atoms with Crippen LogP contribution in [0.1, 0.15) is 15.9 Å². The molecule has 6 aromatic rings. The fourth-order valence-corrected chi connectivity index (χ4v) is 25.5. The summed E-state index contributed by atoms with van der Waals surface area (Å²) in [5.74, 6) is -0.742. The average molecular weight is 869 g/mol. The number of rotatable bonds is 10. The summed E-state index contributed by atoms with van der Waals surface area (Å²) in [5.41, 5.74) is 0.866. The summed E-state index contributed by atoms with van der Waals surface area (Å²) < 4.78 is 11.5. The topological polar surface area (TPSA) is 26.3 Å². The van der Waals surface area contributed by atoms with Crippen LogP contribution < -0.4 is 17.4 Å². The van der Waals surface area contributed by atoms with Gasteiger partial charge in [-0.05, 0) is 0 Å². The van der Waals surface area contributed by atoms with Crippen LogP contribution in [0.3, 0.4) is 0 Å². The van der Waals surface area contributed by atoms with Gasteiger partial charge in [-0.3, -0.25) is 0 Å². The molecule has 0 aliphatic carbocycles. The molecule has 0 radical (unpaired) electrons. The molecule has 246 valence electrons. The van der Waals surface area contributed by atoms with E-state index in [0.29, 0.717) is 5.21 Å². The van der Waals surface area contributed by atoms with E-state index in [2.05, 4.69) is 70.4 Å². The van der Waals surface area contributed by atoms with Crippen LogP contribution in [0.4, 0.5) is 0 Å². The normalized spacial score (nSPS) is 12.5. The van der Waals surface area contributed by atoms with E-state index in [4.69, 9.17) is 61.7 Å². The van der Waals surface area contributed by atoms with Gasteiger partial charge < -0.3 is 0 Å². The van der Waals surface area contributed by atoms with E-state index in [9.17, 15) is 4.79 Å². The van der Waals surface area contributed by atoms with Crippen LogP contribution in [-0.2, 0) is 8.93 Å². The number of carbonyl (C=O) groups is 1. The number of carbonyl (C=O) groups excluding carboxylic acids is 1. The van der Waals surface area contributed by atoms with Gasteiger partial charge in [0.05, 0.1) is 0 Å². The molecule has 2 nitrogen and oxygen atoms in total. The molecule has 0 aliphatic heterocycles. The van der Waals surface area contributed by atoms with E-state index in [1.54, 1.807) is 0 Å². The Kier molecular flexibility index (Phi) is 11.4. The van der Waals surface area contributed by atoms with Crippen LogP contribution in [0.15, 0.2) is 161 Å². The zero-order valence-corrected chi connectivity index (χ0v) is 33.4. The Hall–Kier alpha value is -2.90. The fourth-order valence-electron chi connectivity index (χ4n) is 5.91. The van der Waals surface area contributed by atoms with Gasteiger partial charge in [0, 0.05) is 0 Å². The zero-order valence-electron chi connectivity index (χ0n) is 25.9. The van der Waals surface area contributed by atoms with E-state index in [1.165, 1.54) is 8.70 Å². The van der Waals surface area contributed by atoms with Gasteiger partial charge in [0.1, 0.15) is 0 Å². The van der Waals surface area contributed by atoms with Gasteiger partial charge in [-0.2, -0.15) is 0 Å². The number of hydrogen-bond acceptors (Lipinski definition) is 2. The minimum absolute atomic E-state index is 0.0354. The molecule has 0 atom stereocenters. The first-order chi connectivity index (χ1) is 23.7. The predicted octanol–water partition coefficient (Wildman–Crippen LogP) is 9.55. The molecular formula is C40H29As2Cl5O2. The number of benzene rings is 6. The second-order valence-corrected chi connectivity index (χ2v) is 26.7. The van der Waals surface area contributed by atoms with Crippen LogP contribution in [0.25, 0.3) is 0 Å². The van der Waals surface area contributed by atoms with Gasteiger partial charge in [0.2, 0.25) is 0 Å². The average Bonchev–Trinajstić information content (AvgIpc) is 3.15. The Morgan fingerprint density at radius 3 is 1.33 bits per heavy atom. The second-order valence-electron chi connectivity index (χ2n) is 11.3. The van der Waals surface area contributed by atoms with Crippen LogP contribution in [0, 0.1) is 0 Å². The van der Waals surface area contributed by atoms with Gasteiger partial charge in [0.25, 0.3) is 0 Å². The maximum atomic E-state index is 14.9. The Balaban J connectivity index is 1.72. The van der Waals surface area contributed by atoms with Crippen molar-refractivity contribution in [2.45, 2.75) is 5.21 Å². The zero-order chi connectivity index (χ0) is 34.5. The predicted molar refractivity (Wildman–Crippen MR) is 212 cm³/mol. The Morgan fingerprint density at radius 1 is 0.531 bits per heavy atom. The SMILES string of the molecule is O=C(O[As](/C=C\[As](c1ccccc1)c1ccccc1)(Cc1ccccc1)(c1ccccc1)c1ccccc1)c1c(Cl)c(Cl)c(Cl)c(Cl)c1Cl. The molecule has 0 aliphatic rings. The molecule has 6 rings (SSSR count). The summed E-state index contributed by atoms with van der Waals surface area (Å²) in [7, 11) is 0. The molecule has 0 saturated carbocycles. The molecule has 9 heteroatoms. The summed E-state index contributed by atoms with van der Waals surface area (Å²) in [5, 5.41) is -0.0212. The Morgan fingerprint density at radius 2 is 0.898 bits per heavy atom. The molecular weight excluding hydrogens is 840 g/mol. The van der Waals surface area contributed by atoms with Crippen LogP contribution in [0.2, 0.25) is 25.1 Å². The summed E-state index contributed by atoms with van der Waals surface area (Å²) >= 11 is 25.6. The molecule has 0 fully saturated rings. The Labute approximate surface area is 317 Å². The molecule has 0 unspecified atom stereocenters. The van der Waals surface area contributed by atoms with E-state index >= 15 is 0 Å². The molecule has 0 spiro atoms. The quantitative estimate of drug-likeness (QED) is 0.0780. The maximum absolute atomic E-state index is 14.9. The third-order valence-electron chi connectivity index (χ3n) is 8.29. The summed E-state index contributed by atoms with van der Waals surface area (Å²) in [6.45, 7) is 0. The standard InChI is InChI=1S/C40H29As2Cl5O2/c43-35-34(36(44)38(46)39(47)37(35)45)40(48)49-42(32-22-12-4-13-23-32,33-24-14-5-15-25-33,28-29-16-6-1-7-17-29)27-26-41(30-18-8-2-9-19-30)31-20-10-3-11-21-31/h1-27H,28H2/b27-26-. The van der Waals surface area contributed by atoms with Crippen molar-refractivity contribution in [3.05, 3.63) is 198 Å². The van der Waals surface area contributed by atoms with Crippen molar-refractivity contribution in [3.63, 3.8) is 0 Å². The molecule has 0 N–H and O–H groups in total. The molecule has 6 aromatic carbocycles. The van der Waals surface area contributed by atoms with Crippen LogP contribution >= 0.6 is 58.0 Å². The molecule has 0 aromatic heterocycles. The summed E-state index contributed by atoms with van der Waals surface area (Å²) in [6, 6.07) is 51.1. The van der Waals surface area contributed by atoms with Gasteiger partial charge in [-0.1, -0.05) is 0 Å². The van der Waals surface area contributed by atoms with E-state index in [-0.39, 0.29) is 30.7 Å². The van der Waals surface area contributed by atoms with Gasteiger partial charge in [-0.25, -0.2) is 0 Å². The number of hydrogen-bond donors (Lipinski definition) is 0. The van der Waals surface area contributed by atoms with Crippen LogP contribution in [-0.4, -0.2) is 33.4 Å². The van der Waals surface area contributed by atoms with Gasteiger partial charge >= 0.3 is 320 Å². The first kappa shape index (κ1) is 35.9. The van der Waals surface area contributed by atoms with Crippen molar-refractivity contribution in [1.29, 1.82) is 0 Å². The van der Waals surface area contributed by atoms with Crippen molar-refractivity contribution in [2.75, 3.05) is 0 Å². The molecule has 0 bridgehead atoms. The van der Waals surface area contributed by atoms with Crippen molar-refractivity contribution >= 4 is 109 Å². The van der Waals surface area contributed by atoms with Gasteiger partial charge in [-0.15, -0.1) is 0 Å². The first-order valence-electron chi connectivity index (χ1n) is 15.3. The Bertz CT molecular complexity index is 1990. The van der Waals surface area contributed by atoms with Crippen molar-refractivity contribution < 1.29 is 8.52 Å². The third-order valence-corrected chi connectivity index (χ3v) is 27.1. The van der Waals surface area contributed by atoms with Crippen molar-refractivity contribution in [3.8, 4) is 0 Å². The molecule has 0 heterocycles. The van der Waals surface area contributed by atoms with E-state index in [0.717, 1.165) is 14.3 Å². The third kappa shape index (κ3) is 7.17. The van der Waals surface area contributed by atoms with E-state index in [1.807, 2.05) is 91.0 Å². The first-order valence-corrected chi connectivity index (χ1v) is 25.2. The molecule has 0 saturated heterocycles. The van der Waals surface area contributed by atoms with Crippen LogP contribution in [0.5, 0.6) is 0 Å². The van der Waals surface area contributed by atoms with Gasteiger partial charge in [0.15, 0.2) is 0 Å². The summed E-state index contributed by atoms with van der Waals surface area (Å²) in [4.78, 5) is 19.5. The monoisotopic (exact) mass is 866 g/mol. The van der Waals surface area contributed by atoms with Crippen molar-refractivity contribution in [1.82, 2.24) is 0 Å². The summed E-state index contributed by atoms with van der Waals surface area (Å²) in [6.07, 6.45) is 0. The van der Waals surface area contributed by atoms with Crippen molar-refractivity contribution in [2.24, 2.45) is 0 Å². The molecule has 49 heavy (non-hydrogen) atoms.